The summed E-state index contributed by atoms with van der Waals surface area (Å²) >= 11 is 0. The van der Waals surface area contributed by atoms with Crippen molar-refractivity contribution >= 4 is 5.91 Å². The van der Waals surface area contributed by atoms with Gasteiger partial charge in [-0.1, -0.05) is 35.5 Å². The third kappa shape index (κ3) is 3.35. The summed E-state index contributed by atoms with van der Waals surface area (Å²) in [5.74, 6) is 2.55. The zero-order chi connectivity index (χ0) is 22.5. The highest BCUT2D eigenvalue weighted by Crippen LogP contribution is 2.44. The van der Waals surface area contributed by atoms with Crippen molar-refractivity contribution in [2.75, 3.05) is 0 Å². The molecular formula is C26H24N4O3. The Morgan fingerprint density at radius 1 is 1.12 bits per heavy atom. The van der Waals surface area contributed by atoms with Gasteiger partial charge in [-0.3, -0.25) is 4.79 Å². The van der Waals surface area contributed by atoms with Crippen LogP contribution in [0.2, 0.25) is 0 Å². The van der Waals surface area contributed by atoms with E-state index in [9.17, 15) is 4.79 Å². The van der Waals surface area contributed by atoms with E-state index < -0.39 is 0 Å². The zero-order valence-corrected chi connectivity index (χ0v) is 18.6. The van der Waals surface area contributed by atoms with Crippen LogP contribution in [0.3, 0.4) is 0 Å². The average molecular weight is 441 g/mol. The van der Waals surface area contributed by atoms with Gasteiger partial charge in [0.05, 0.1) is 17.4 Å². The molecule has 5 heterocycles. The van der Waals surface area contributed by atoms with E-state index in [4.69, 9.17) is 13.9 Å². The number of furan rings is 1. The maximum Gasteiger partial charge on any atom is 0.290 e. The fraction of sp³-hybridized carbons (Fsp3) is 0.308. The molecule has 4 aromatic rings. The maximum atomic E-state index is 13.5. The monoisotopic (exact) mass is 440 g/mol. The van der Waals surface area contributed by atoms with Gasteiger partial charge in [-0.05, 0) is 38.8 Å². The molecule has 166 valence electrons. The zero-order valence-electron chi connectivity index (χ0n) is 18.6. The molecule has 0 aliphatic carbocycles. The summed E-state index contributed by atoms with van der Waals surface area (Å²) in [7, 11) is 0. The van der Waals surface area contributed by atoms with Gasteiger partial charge in [-0.2, -0.15) is 0 Å². The van der Waals surface area contributed by atoms with Crippen molar-refractivity contribution in [3.05, 3.63) is 88.5 Å². The number of carbonyl (C=O) groups excluding carboxylic acids is 1. The summed E-state index contributed by atoms with van der Waals surface area (Å²) in [6, 6.07) is 13.8. The van der Waals surface area contributed by atoms with Crippen LogP contribution in [0.4, 0.5) is 0 Å². The second-order valence-corrected chi connectivity index (χ2v) is 8.87. The van der Waals surface area contributed by atoms with E-state index in [1.807, 2.05) is 61.3 Å². The van der Waals surface area contributed by atoms with Crippen molar-refractivity contribution < 1.29 is 13.7 Å². The number of amides is 1. The minimum Gasteiger partial charge on any atom is -0.456 e. The van der Waals surface area contributed by atoms with Crippen LogP contribution in [0.25, 0.3) is 11.4 Å². The van der Waals surface area contributed by atoms with Crippen LogP contribution in [0.1, 0.15) is 63.5 Å². The predicted octanol–water partition coefficient (Wildman–Crippen LogP) is 4.83. The van der Waals surface area contributed by atoms with Gasteiger partial charge in [0, 0.05) is 41.8 Å². The minimum absolute atomic E-state index is 0.00724. The molecule has 3 aromatic heterocycles. The van der Waals surface area contributed by atoms with E-state index in [1.165, 1.54) is 0 Å². The summed E-state index contributed by atoms with van der Waals surface area (Å²) < 4.78 is 11.2. The van der Waals surface area contributed by atoms with Crippen LogP contribution in [0.15, 0.2) is 57.6 Å². The number of hydrogen-bond acceptors (Lipinski definition) is 6. The summed E-state index contributed by atoms with van der Waals surface area (Å²) in [6.45, 7) is 3.80. The average Bonchev–Trinajstić information content (AvgIpc) is 3.52. The van der Waals surface area contributed by atoms with Gasteiger partial charge in [0.1, 0.15) is 11.5 Å². The maximum absolute atomic E-state index is 13.5. The van der Waals surface area contributed by atoms with Crippen LogP contribution < -0.4 is 0 Å². The lowest BCUT2D eigenvalue weighted by molar-refractivity contribution is 0.0609. The van der Waals surface area contributed by atoms with Crippen LogP contribution in [0, 0.1) is 13.8 Å². The number of aryl methyl sites for hydroxylation is 2. The van der Waals surface area contributed by atoms with Crippen molar-refractivity contribution in [1.82, 2.24) is 20.0 Å². The molecule has 1 aromatic carbocycles. The SMILES string of the molecule is Cc1noc(C)c1Cc1ccc(C(=O)N2[C@H]3CC[C@@H]2c2cnc(-c4ccccc4)nc2C3)o1. The molecule has 0 spiro atoms. The van der Waals surface area contributed by atoms with Gasteiger partial charge in [-0.15, -0.1) is 0 Å². The lowest BCUT2D eigenvalue weighted by atomic mass is 9.98. The van der Waals surface area contributed by atoms with Crippen molar-refractivity contribution in [2.45, 2.75) is 51.6 Å². The van der Waals surface area contributed by atoms with Gasteiger partial charge in [0.15, 0.2) is 11.6 Å². The highest BCUT2D eigenvalue weighted by atomic mass is 16.5. The molecule has 7 nitrogen and oxygen atoms in total. The Balaban J connectivity index is 1.25. The topological polar surface area (TPSA) is 85.3 Å². The quantitative estimate of drug-likeness (QED) is 0.452. The fourth-order valence-corrected chi connectivity index (χ4v) is 5.16. The molecule has 0 unspecified atom stereocenters. The van der Waals surface area contributed by atoms with Crippen LogP contribution in [-0.4, -0.2) is 32.0 Å². The Morgan fingerprint density at radius 3 is 2.76 bits per heavy atom. The van der Waals surface area contributed by atoms with Crippen LogP contribution in [0.5, 0.6) is 0 Å². The Kier molecular flexibility index (Phi) is 4.64. The van der Waals surface area contributed by atoms with E-state index in [0.717, 1.165) is 64.7 Å². The fourth-order valence-electron chi connectivity index (χ4n) is 5.16. The van der Waals surface area contributed by atoms with Crippen molar-refractivity contribution in [3.8, 4) is 11.4 Å². The number of carbonyl (C=O) groups is 1. The lowest BCUT2D eigenvalue weighted by Gasteiger charge is -2.35. The molecule has 2 atom stereocenters. The predicted molar refractivity (Wildman–Crippen MR) is 121 cm³/mol. The molecule has 0 saturated carbocycles. The largest absolute Gasteiger partial charge is 0.456 e. The summed E-state index contributed by atoms with van der Waals surface area (Å²) in [5, 5.41) is 4.00. The molecule has 2 aliphatic heterocycles. The summed E-state index contributed by atoms with van der Waals surface area (Å²) in [4.78, 5) is 24.9. The minimum atomic E-state index is -0.0645. The van der Waals surface area contributed by atoms with Crippen LogP contribution in [-0.2, 0) is 12.8 Å². The molecule has 7 heteroatoms. The van der Waals surface area contributed by atoms with Gasteiger partial charge in [0.2, 0.25) is 0 Å². The van der Waals surface area contributed by atoms with E-state index in [-0.39, 0.29) is 18.0 Å². The molecule has 1 amide bonds. The number of hydrogen-bond donors (Lipinski definition) is 0. The molecule has 33 heavy (non-hydrogen) atoms. The molecule has 0 radical (unpaired) electrons. The first kappa shape index (κ1) is 19.9. The molecule has 1 saturated heterocycles. The number of fused-ring (bicyclic) bond motifs is 4. The summed E-state index contributed by atoms with van der Waals surface area (Å²) in [5.41, 5.74) is 4.96. The Morgan fingerprint density at radius 2 is 1.97 bits per heavy atom. The highest BCUT2D eigenvalue weighted by Gasteiger charge is 2.44. The molecular weight excluding hydrogens is 416 g/mol. The number of rotatable bonds is 4. The van der Waals surface area contributed by atoms with E-state index in [0.29, 0.717) is 12.2 Å². The van der Waals surface area contributed by atoms with Crippen molar-refractivity contribution in [1.29, 1.82) is 0 Å². The Hall–Kier alpha value is -3.74. The number of aromatic nitrogens is 3. The third-order valence-electron chi connectivity index (χ3n) is 6.86. The third-order valence-corrected chi connectivity index (χ3v) is 6.86. The first-order valence-corrected chi connectivity index (χ1v) is 11.3. The van der Waals surface area contributed by atoms with Crippen molar-refractivity contribution in [3.63, 3.8) is 0 Å². The van der Waals surface area contributed by atoms with Gasteiger partial charge >= 0.3 is 0 Å². The first-order valence-electron chi connectivity index (χ1n) is 11.3. The normalized spacial score (nSPS) is 19.0. The Labute approximate surface area is 191 Å². The highest BCUT2D eigenvalue weighted by molar-refractivity contribution is 5.92. The number of benzene rings is 1. The van der Waals surface area contributed by atoms with E-state index in [1.54, 1.807) is 6.07 Å². The van der Waals surface area contributed by atoms with E-state index >= 15 is 0 Å². The van der Waals surface area contributed by atoms with Crippen molar-refractivity contribution in [2.24, 2.45) is 0 Å². The van der Waals surface area contributed by atoms with E-state index in [2.05, 4.69) is 10.1 Å². The summed E-state index contributed by atoms with van der Waals surface area (Å²) in [6.07, 6.45) is 5.08. The second-order valence-electron chi connectivity index (χ2n) is 8.87. The van der Waals surface area contributed by atoms with Gasteiger partial charge in [-0.25, -0.2) is 9.97 Å². The standard InChI is InChI=1S/C26H24N4O3/c1-15-20(16(2)33-29-15)13-19-9-11-24(32-19)26(31)30-18-8-10-23(30)21-14-27-25(28-22(21)12-18)17-6-4-3-5-7-17/h3-7,9,11,14,18,23H,8,10,12-13H2,1-2H3/t18-,23+/m0/s1. The van der Waals surface area contributed by atoms with Crippen LogP contribution >= 0.6 is 0 Å². The molecule has 2 aliphatic rings. The van der Waals surface area contributed by atoms with Gasteiger partial charge in [0.25, 0.3) is 5.91 Å². The number of nitrogens with zero attached hydrogens (tertiary/aromatic N) is 4. The molecule has 6 rings (SSSR count). The smallest absolute Gasteiger partial charge is 0.290 e. The molecule has 1 fully saturated rings. The molecule has 2 bridgehead atoms. The Bertz CT molecular complexity index is 1320. The van der Waals surface area contributed by atoms with Gasteiger partial charge < -0.3 is 13.8 Å². The molecule has 0 N–H and O–H groups in total. The second kappa shape index (κ2) is 7.69. The first-order chi connectivity index (χ1) is 16.1. The lowest BCUT2D eigenvalue weighted by Crippen LogP contribution is -2.42.